The number of carbonyl (C=O) groups excluding carboxylic acids is 4. The Balaban J connectivity index is 1.88. The molecule has 0 aliphatic carbocycles. The molecule has 4 rings (SSSR count). The number of hydrogen-bond donors (Lipinski definition) is 0. The maximum Gasteiger partial charge on any atom is 0.333 e. The fraction of sp³-hybridized carbons (Fsp3) is 0.143. The van der Waals surface area contributed by atoms with Gasteiger partial charge < -0.3 is 4.90 Å². The van der Waals surface area contributed by atoms with Gasteiger partial charge in [0.2, 0.25) is 0 Å². The van der Waals surface area contributed by atoms with Crippen molar-refractivity contribution in [1.82, 2.24) is 9.80 Å². The maximum absolute atomic E-state index is 13.4. The van der Waals surface area contributed by atoms with Gasteiger partial charge in [-0.25, -0.2) is 4.79 Å². The zero-order chi connectivity index (χ0) is 20.9. The molecule has 1 fully saturated rings. The van der Waals surface area contributed by atoms with Gasteiger partial charge in [0.1, 0.15) is 5.57 Å². The van der Waals surface area contributed by atoms with Crippen LogP contribution < -0.4 is 4.90 Å². The van der Waals surface area contributed by atoms with Gasteiger partial charge in [0.05, 0.1) is 17.8 Å². The molecule has 5 amide bonds. The van der Waals surface area contributed by atoms with Gasteiger partial charge in [0, 0.05) is 24.7 Å². The standard InChI is InChI=1S/C21H16ClN3O4/c1-23-18(26)17(19(27)24(2)21(23)29)16-13-8-4-6-10-15(13)25(20(16)28)11-12-7-3-5-9-14(12)22/h3-10H,11H2,1-2H3. The van der Waals surface area contributed by atoms with E-state index in [-0.39, 0.29) is 17.7 Å². The highest BCUT2D eigenvalue weighted by Gasteiger charge is 2.45. The van der Waals surface area contributed by atoms with Crippen molar-refractivity contribution in [3.8, 4) is 0 Å². The summed E-state index contributed by atoms with van der Waals surface area (Å²) in [6, 6.07) is 13.3. The molecule has 29 heavy (non-hydrogen) atoms. The summed E-state index contributed by atoms with van der Waals surface area (Å²) in [6.07, 6.45) is 0. The number of fused-ring (bicyclic) bond motifs is 1. The minimum atomic E-state index is -0.796. The van der Waals surface area contributed by atoms with Crippen molar-refractivity contribution in [2.75, 3.05) is 19.0 Å². The normalized spacial score (nSPS) is 16.9. The minimum absolute atomic E-state index is 0.00569. The molecule has 0 atom stereocenters. The zero-order valence-corrected chi connectivity index (χ0v) is 16.4. The monoisotopic (exact) mass is 409 g/mol. The van der Waals surface area contributed by atoms with Crippen molar-refractivity contribution in [2.45, 2.75) is 6.54 Å². The predicted molar refractivity (Wildman–Crippen MR) is 107 cm³/mol. The lowest BCUT2D eigenvalue weighted by Crippen LogP contribution is -2.53. The van der Waals surface area contributed by atoms with Crippen molar-refractivity contribution in [2.24, 2.45) is 0 Å². The Morgan fingerprint density at radius 3 is 2.00 bits per heavy atom. The first-order valence-electron chi connectivity index (χ1n) is 8.82. The second-order valence-corrected chi connectivity index (χ2v) is 7.17. The number of likely N-dealkylation sites (N-methyl/N-ethyl adjacent to an activating group) is 2. The first kappa shape index (κ1) is 18.9. The topological polar surface area (TPSA) is 78.0 Å². The molecule has 0 radical (unpaired) electrons. The predicted octanol–water partition coefficient (Wildman–Crippen LogP) is 2.69. The molecule has 0 unspecified atom stereocenters. The van der Waals surface area contributed by atoms with Crippen LogP contribution in [-0.4, -0.2) is 47.6 Å². The fourth-order valence-electron chi connectivity index (χ4n) is 3.52. The summed E-state index contributed by atoms with van der Waals surface area (Å²) in [5.74, 6) is -2.08. The summed E-state index contributed by atoms with van der Waals surface area (Å²) in [5, 5.41) is 0.508. The molecule has 7 nitrogen and oxygen atoms in total. The Labute approximate surface area is 171 Å². The van der Waals surface area contributed by atoms with Crippen molar-refractivity contribution >= 4 is 46.6 Å². The molecule has 2 aliphatic rings. The van der Waals surface area contributed by atoms with Gasteiger partial charge in [-0.2, -0.15) is 0 Å². The smallest absolute Gasteiger partial charge is 0.303 e. The number of urea groups is 1. The van der Waals surface area contributed by atoms with Crippen LogP contribution in [0.2, 0.25) is 5.02 Å². The quantitative estimate of drug-likeness (QED) is 0.564. The number of nitrogens with zero attached hydrogens (tertiary/aromatic N) is 3. The molecule has 0 N–H and O–H groups in total. The van der Waals surface area contributed by atoms with E-state index in [1.165, 1.54) is 19.0 Å². The van der Waals surface area contributed by atoms with Crippen LogP contribution in [0.15, 0.2) is 54.1 Å². The van der Waals surface area contributed by atoms with E-state index >= 15 is 0 Å². The van der Waals surface area contributed by atoms with Gasteiger partial charge in [0.15, 0.2) is 0 Å². The molecule has 0 bridgehead atoms. The Bertz CT molecular complexity index is 1100. The first-order valence-corrected chi connectivity index (χ1v) is 9.19. The molecule has 8 heteroatoms. The van der Waals surface area contributed by atoms with E-state index in [2.05, 4.69) is 0 Å². The van der Waals surface area contributed by atoms with E-state index in [4.69, 9.17) is 11.6 Å². The molecule has 2 heterocycles. The van der Waals surface area contributed by atoms with Crippen LogP contribution in [0, 0.1) is 0 Å². The van der Waals surface area contributed by atoms with Gasteiger partial charge in [0.25, 0.3) is 17.7 Å². The summed E-state index contributed by atoms with van der Waals surface area (Å²) in [7, 11) is 2.56. The zero-order valence-electron chi connectivity index (χ0n) is 15.7. The number of imide groups is 2. The number of barbiturate groups is 1. The Morgan fingerprint density at radius 2 is 1.34 bits per heavy atom. The maximum atomic E-state index is 13.4. The van der Waals surface area contributed by atoms with Gasteiger partial charge >= 0.3 is 6.03 Å². The highest BCUT2D eigenvalue weighted by atomic mass is 35.5. The Morgan fingerprint density at radius 1 is 0.759 bits per heavy atom. The molecule has 1 saturated heterocycles. The van der Waals surface area contributed by atoms with Crippen LogP contribution in [0.3, 0.4) is 0 Å². The average molecular weight is 410 g/mol. The van der Waals surface area contributed by atoms with Gasteiger partial charge in [-0.3, -0.25) is 24.2 Å². The fourth-order valence-corrected chi connectivity index (χ4v) is 3.71. The van der Waals surface area contributed by atoms with Crippen molar-refractivity contribution < 1.29 is 19.2 Å². The van der Waals surface area contributed by atoms with Crippen molar-refractivity contribution in [1.29, 1.82) is 0 Å². The largest absolute Gasteiger partial charge is 0.333 e. The molecular formula is C21H16ClN3O4. The molecular weight excluding hydrogens is 394 g/mol. The molecule has 146 valence electrons. The average Bonchev–Trinajstić information content (AvgIpc) is 2.99. The number of hydrogen-bond acceptors (Lipinski definition) is 4. The van der Waals surface area contributed by atoms with E-state index in [9.17, 15) is 19.2 Å². The lowest BCUT2D eigenvalue weighted by Gasteiger charge is -2.29. The van der Waals surface area contributed by atoms with Crippen LogP contribution in [-0.2, 0) is 20.9 Å². The third kappa shape index (κ3) is 2.82. The number of carbonyl (C=O) groups is 4. The van der Waals surface area contributed by atoms with Crippen LogP contribution >= 0.6 is 11.6 Å². The van der Waals surface area contributed by atoms with Crippen LogP contribution in [0.1, 0.15) is 11.1 Å². The molecule has 2 aromatic rings. The molecule has 0 aromatic heterocycles. The van der Waals surface area contributed by atoms with E-state index in [1.807, 2.05) is 6.07 Å². The second-order valence-electron chi connectivity index (χ2n) is 6.76. The second kappa shape index (κ2) is 6.86. The van der Waals surface area contributed by atoms with Gasteiger partial charge in [-0.15, -0.1) is 0 Å². The third-order valence-electron chi connectivity index (χ3n) is 5.07. The van der Waals surface area contributed by atoms with Gasteiger partial charge in [-0.05, 0) is 17.7 Å². The number of halogens is 1. The molecule has 0 saturated carbocycles. The number of para-hydroxylation sites is 1. The van der Waals surface area contributed by atoms with Gasteiger partial charge in [-0.1, -0.05) is 48.0 Å². The van der Waals surface area contributed by atoms with Crippen LogP contribution in [0.25, 0.3) is 5.57 Å². The van der Waals surface area contributed by atoms with Crippen molar-refractivity contribution in [3.63, 3.8) is 0 Å². The van der Waals surface area contributed by atoms with E-state index in [1.54, 1.807) is 42.5 Å². The highest BCUT2D eigenvalue weighted by Crippen LogP contribution is 2.41. The number of rotatable bonds is 2. The minimum Gasteiger partial charge on any atom is -0.303 e. The molecule has 2 aliphatic heterocycles. The van der Waals surface area contributed by atoms with Crippen LogP contribution in [0.4, 0.5) is 10.5 Å². The molecule has 0 spiro atoms. The highest BCUT2D eigenvalue weighted by molar-refractivity contribution is 6.44. The summed E-state index contributed by atoms with van der Waals surface area (Å²) in [6.45, 7) is 0.180. The number of benzene rings is 2. The third-order valence-corrected chi connectivity index (χ3v) is 5.44. The van der Waals surface area contributed by atoms with E-state index in [0.717, 1.165) is 15.4 Å². The van der Waals surface area contributed by atoms with E-state index in [0.29, 0.717) is 16.3 Å². The summed E-state index contributed by atoms with van der Waals surface area (Å²) in [4.78, 5) is 54.1. The first-order chi connectivity index (χ1) is 13.8. The van der Waals surface area contributed by atoms with Crippen molar-refractivity contribution in [3.05, 3.63) is 70.3 Å². The Hall–Kier alpha value is -3.45. The Kier molecular flexibility index (Phi) is 4.47. The number of amides is 5. The lowest BCUT2D eigenvalue weighted by molar-refractivity contribution is -0.134. The summed E-state index contributed by atoms with van der Waals surface area (Å²) in [5.41, 5.74) is 1.46. The lowest BCUT2D eigenvalue weighted by atomic mass is 9.98. The SMILES string of the molecule is CN1C(=O)C(=C2C(=O)N(Cc3ccccc3Cl)c3ccccc32)C(=O)N(C)C1=O. The van der Waals surface area contributed by atoms with E-state index < -0.39 is 23.8 Å². The van der Waals surface area contributed by atoms with Crippen LogP contribution in [0.5, 0.6) is 0 Å². The molecule has 2 aromatic carbocycles. The summed E-state index contributed by atoms with van der Waals surface area (Å²) < 4.78 is 0. The number of anilines is 1. The summed E-state index contributed by atoms with van der Waals surface area (Å²) >= 11 is 6.25.